The van der Waals surface area contributed by atoms with Gasteiger partial charge in [0.2, 0.25) is 0 Å². The first-order valence-electron chi connectivity index (χ1n) is 6.27. The maximum atomic E-state index is 13.5. The number of rotatable bonds is 5. The lowest BCUT2D eigenvalue weighted by molar-refractivity contribution is 0.286. The largest absolute Gasteiger partial charge is 0.320 e. The van der Waals surface area contributed by atoms with Crippen molar-refractivity contribution < 1.29 is 4.39 Å². The first-order chi connectivity index (χ1) is 9.19. The predicted octanol–water partition coefficient (Wildman–Crippen LogP) is 1.87. The minimum atomic E-state index is -0.296. The SMILES string of the molecule is CCN(CCC#N)Cc1cc(F)cc(C#CCN)c1. The minimum absolute atomic E-state index is 0.259. The lowest BCUT2D eigenvalue weighted by atomic mass is 10.1. The Bertz CT molecular complexity index is 508. The summed E-state index contributed by atoms with van der Waals surface area (Å²) in [5, 5.41) is 8.60. The smallest absolute Gasteiger partial charge is 0.124 e. The number of halogens is 1. The van der Waals surface area contributed by atoms with E-state index in [1.54, 1.807) is 0 Å². The summed E-state index contributed by atoms with van der Waals surface area (Å²) in [6.45, 7) is 4.41. The van der Waals surface area contributed by atoms with Gasteiger partial charge in [-0.2, -0.15) is 5.26 Å². The van der Waals surface area contributed by atoms with Gasteiger partial charge in [0.1, 0.15) is 5.82 Å². The highest BCUT2D eigenvalue weighted by Gasteiger charge is 2.05. The standard InChI is InChI=1S/C15H18FN3/c1-2-19(8-4-7-18)12-14-9-13(5-3-6-17)10-15(16)11-14/h9-11H,2,4,6,8,12,17H2,1H3. The van der Waals surface area contributed by atoms with Crippen LogP contribution in [0.2, 0.25) is 0 Å². The molecule has 0 bridgehead atoms. The van der Waals surface area contributed by atoms with Crippen molar-refractivity contribution in [2.24, 2.45) is 5.73 Å². The molecule has 19 heavy (non-hydrogen) atoms. The van der Waals surface area contributed by atoms with Crippen molar-refractivity contribution in [3.63, 3.8) is 0 Å². The average molecular weight is 259 g/mol. The molecule has 0 fully saturated rings. The zero-order valence-electron chi connectivity index (χ0n) is 11.1. The molecule has 0 aliphatic heterocycles. The quantitative estimate of drug-likeness (QED) is 0.821. The fraction of sp³-hybridized carbons (Fsp3) is 0.400. The van der Waals surface area contributed by atoms with Gasteiger partial charge < -0.3 is 5.73 Å². The van der Waals surface area contributed by atoms with Crippen LogP contribution in [0.3, 0.4) is 0 Å². The molecule has 0 saturated carbocycles. The van der Waals surface area contributed by atoms with Gasteiger partial charge in [0.05, 0.1) is 12.6 Å². The third-order valence-corrected chi connectivity index (χ3v) is 2.69. The lowest BCUT2D eigenvalue weighted by Gasteiger charge is -2.19. The van der Waals surface area contributed by atoms with Crippen molar-refractivity contribution in [2.45, 2.75) is 19.9 Å². The van der Waals surface area contributed by atoms with E-state index in [4.69, 9.17) is 11.0 Å². The van der Waals surface area contributed by atoms with E-state index < -0.39 is 0 Å². The Morgan fingerprint density at radius 1 is 1.37 bits per heavy atom. The Morgan fingerprint density at radius 2 is 2.16 bits per heavy atom. The highest BCUT2D eigenvalue weighted by Crippen LogP contribution is 2.11. The Balaban J connectivity index is 2.82. The predicted molar refractivity (Wildman–Crippen MR) is 73.5 cm³/mol. The first-order valence-corrected chi connectivity index (χ1v) is 6.27. The Morgan fingerprint density at radius 3 is 2.79 bits per heavy atom. The number of nitrogens with zero attached hydrogens (tertiary/aromatic N) is 2. The van der Waals surface area contributed by atoms with Gasteiger partial charge in [0.25, 0.3) is 0 Å². The molecule has 0 spiro atoms. The van der Waals surface area contributed by atoms with E-state index in [0.29, 0.717) is 25.1 Å². The molecule has 4 heteroatoms. The molecule has 1 aromatic rings. The van der Waals surface area contributed by atoms with Gasteiger partial charge in [-0.15, -0.1) is 0 Å². The van der Waals surface area contributed by atoms with Gasteiger partial charge in [-0.1, -0.05) is 18.8 Å². The minimum Gasteiger partial charge on any atom is -0.320 e. The van der Waals surface area contributed by atoms with Gasteiger partial charge in [-0.05, 0) is 30.3 Å². The summed E-state index contributed by atoms with van der Waals surface area (Å²) in [6.07, 6.45) is 0.475. The van der Waals surface area contributed by atoms with E-state index in [1.165, 1.54) is 12.1 Å². The van der Waals surface area contributed by atoms with Crippen molar-refractivity contribution in [3.05, 3.63) is 35.1 Å². The Labute approximate surface area is 113 Å². The average Bonchev–Trinajstić information content (AvgIpc) is 2.40. The highest BCUT2D eigenvalue weighted by atomic mass is 19.1. The van der Waals surface area contributed by atoms with Crippen LogP contribution in [-0.4, -0.2) is 24.5 Å². The van der Waals surface area contributed by atoms with E-state index in [2.05, 4.69) is 22.8 Å². The summed E-state index contributed by atoms with van der Waals surface area (Å²) in [5.74, 6) is 5.25. The van der Waals surface area contributed by atoms with Crippen molar-refractivity contribution in [2.75, 3.05) is 19.6 Å². The number of nitriles is 1. The van der Waals surface area contributed by atoms with Crippen molar-refractivity contribution in [1.82, 2.24) is 4.90 Å². The molecule has 100 valence electrons. The van der Waals surface area contributed by atoms with Crippen molar-refractivity contribution in [1.29, 1.82) is 5.26 Å². The van der Waals surface area contributed by atoms with E-state index >= 15 is 0 Å². The first kappa shape index (κ1) is 15.2. The topological polar surface area (TPSA) is 53.0 Å². The van der Waals surface area contributed by atoms with Crippen LogP contribution in [0.4, 0.5) is 4.39 Å². The van der Waals surface area contributed by atoms with Crippen LogP contribution in [0.5, 0.6) is 0 Å². The van der Waals surface area contributed by atoms with Crippen LogP contribution in [0.25, 0.3) is 0 Å². The summed E-state index contributed by atoms with van der Waals surface area (Å²) in [6, 6.07) is 6.88. The summed E-state index contributed by atoms with van der Waals surface area (Å²) in [5.41, 5.74) is 6.80. The number of benzene rings is 1. The van der Waals surface area contributed by atoms with Gasteiger partial charge >= 0.3 is 0 Å². The Kier molecular flexibility index (Phi) is 6.60. The monoisotopic (exact) mass is 259 g/mol. The molecule has 0 atom stereocenters. The molecule has 0 unspecified atom stereocenters. The van der Waals surface area contributed by atoms with Gasteiger partial charge in [-0.25, -0.2) is 4.39 Å². The number of hydrogen-bond donors (Lipinski definition) is 1. The molecule has 2 N–H and O–H groups in total. The maximum absolute atomic E-state index is 13.5. The van der Waals surface area contributed by atoms with E-state index in [0.717, 1.165) is 12.1 Å². The number of hydrogen-bond acceptors (Lipinski definition) is 3. The van der Waals surface area contributed by atoms with Gasteiger partial charge in [-0.3, -0.25) is 4.90 Å². The van der Waals surface area contributed by atoms with Crippen LogP contribution >= 0.6 is 0 Å². The van der Waals surface area contributed by atoms with Crippen LogP contribution < -0.4 is 5.73 Å². The van der Waals surface area contributed by atoms with Gasteiger partial charge in [0, 0.05) is 25.1 Å². The van der Waals surface area contributed by atoms with E-state index in [9.17, 15) is 4.39 Å². The molecule has 0 aliphatic rings. The molecule has 0 aliphatic carbocycles. The zero-order valence-corrected chi connectivity index (χ0v) is 11.1. The normalized spacial score (nSPS) is 9.84. The lowest BCUT2D eigenvalue weighted by Crippen LogP contribution is -2.23. The molecule has 0 radical (unpaired) electrons. The van der Waals surface area contributed by atoms with Crippen LogP contribution in [0.1, 0.15) is 24.5 Å². The van der Waals surface area contributed by atoms with Crippen LogP contribution in [0, 0.1) is 29.0 Å². The second kappa shape index (κ2) is 8.26. The molecule has 1 aromatic carbocycles. The van der Waals surface area contributed by atoms with Crippen molar-refractivity contribution >= 4 is 0 Å². The molecule has 3 nitrogen and oxygen atoms in total. The van der Waals surface area contributed by atoms with E-state index in [1.807, 2.05) is 13.0 Å². The molecule has 0 aromatic heterocycles. The molecule has 1 rings (SSSR count). The van der Waals surface area contributed by atoms with Crippen LogP contribution in [-0.2, 0) is 6.54 Å². The molecule has 0 amide bonds. The maximum Gasteiger partial charge on any atom is 0.124 e. The summed E-state index contributed by atoms with van der Waals surface area (Å²) in [4.78, 5) is 2.10. The molecular weight excluding hydrogens is 241 g/mol. The van der Waals surface area contributed by atoms with E-state index in [-0.39, 0.29) is 12.4 Å². The van der Waals surface area contributed by atoms with Gasteiger partial charge in [0.15, 0.2) is 0 Å². The summed E-state index contributed by atoms with van der Waals surface area (Å²) >= 11 is 0. The summed E-state index contributed by atoms with van der Waals surface area (Å²) < 4.78 is 13.5. The fourth-order valence-corrected chi connectivity index (χ4v) is 1.78. The second-order valence-electron chi connectivity index (χ2n) is 4.13. The molecule has 0 heterocycles. The van der Waals surface area contributed by atoms with Crippen molar-refractivity contribution in [3.8, 4) is 17.9 Å². The third-order valence-electron chi connectivity index (χ3n) is 2.69. The molecule has 0 saturated heterocycles. The number of nitrogens with two attached hydrogens (primary N) is 1. The third kappa shape index (κ3) is 5.52. The van der Waals surface area contributed by atoms with Crippen LogP contribution in [0.15, 0.2) is 18.2 Å². The second-order valence-corrected chi connectivity index (χ2v) is 4.13. The Hall–Kier alpha value is -1.88. The molecular formula is C15H18FN3. The fourth-order valence-electron chi connectivity index (χ4n) is 1.78. The highest BCUT2D eigenvalue weighted by molar-refractivity contribution is 5.38. The summed E-state index contributed by atoms with van der Waals surface area (Å²) in [7, 11) is 0. The zero-order chi connectivity index (χ0) is 14.1.